The summed E-state index contributed by atoms with van der Waals surface area (Å²) in [7, 11) is -3.52. The topological polar surface area (TPSA) is 66.9 Å². The number of rotatable bonds is 3. The molecule has 2 aromatic rings. The van der Waals surface area contributed by atoms with E-state index in [2.05, 4.69) is 0 Å². The van der Waals surface area contributed by atoms with Crippen LogP contribution in [0.5, 0.6) is 0 Å². The number of nitrogens with zero attached hydrogens (tertiary/aromatic N) is 2. The molecule has 0 aromatic heterocycles. The summed E-state index contributed by atoms with van der Waals surface area (Å²) in [6.45, 7) is 2.33. The average molecular weight is 360 g/mol. The molecule has 2 saturated heterocycles. The Bertz CT molecular complexity index is 904. The van der Waals surface area contributed by atoms with Gasteiger partial charge in [0.15, 0.2) is 0 Å². The second-order valence-electron chi connectivity index (χ2n) is 6.42. The lowest BCUT2D eigenvalue weighted by atomic mass is 10.1. The number of piperazine rings is 1. The zero-order valence-corrected chi connectivity index (χ0v) is 14.6. The van der Waals surface area contributed by atoms with Gasteiger partial charge in [0.05, 0.1) is 11.5 Å². The normalized spacial score (nSPS) is 23.0. The predicted octanol–water partition coefficient (Wildman–Crippen LogP) is 1.46. The first kappa shape index (κ1) is 16.5. The Labute approximate surface area is 147 Å². The summed E-state index contributed by atoms with van der Waals surface area (Å²) in [6.07, 6.45) is 0.691. The summed E-state index contributed by atoms with van der Waals surface area (Å²) in [6, 6.07) is 12.7. The van der Waals surface area contributed by atoms with Gasteiger partial charge in [0.1, 0.15) is 6.04 Å². The van der Waals surface area contributed by atoms with Crippen molar-refractivity contribution < 1.29 is 17.9 Å². The maximum atomic E-state index is 12.9. The minimum absolute atomic E-state index is 0.189. The number of benzene rings is 2. The average Bonchev–Trinajstić information content (AvgIpc) is 3.07. The van der Waals surface area contributed by atoms with Gasteiger partial charge in [0.2, 0.25) is 10.0 Å². The summed E-state index contributed by atoms with van der Waals surface area (Å²) >= 11 is 0. The third-order valence-electron chi connectivity index (χ3n) is 4.98. The van der Waals surface area contributed by atoms with E-state index in [0.29, 0.717) is 44.1 Å². The van der Waals surface area contributed by atoms with E-state index in [-0.39, 0.29) is 12.0 Å². The van der Waals surface area contributed by atoms with Crippen LogP contribution in [-0.4, -0.2) is 62.4 Å². The molecule has 0 bridgehead atoms. The van der Waals surface area contributed by atoms with E-state index in [4.69, 9.17) is 4.74 Å². The first-order chi connectivity index (χ1) is 12.1. The molecule has 2 aliphatic heterocycles. The standard InChI is InChI=1S/C18H20N2O4S/c21-18-17(7-12-24-18)19-8-10-20(11-9-19)25(22,23)16-6-5-14-3-1-2-4-15(14)13-16/h1-6,13,17H,7-12H2/t17-/m0/s1. The molecule has 132 valence electrons. The second kappa shape index (κ2) is 6.40. The summed E-state index contributed by atoms with van der Waals surface area (Å²) in [5.41, 5.74) is 0. The molecule has 0 spiro atoms. The maximum absolute atomic E-state index is 12.9. The summed E-state index contributed by atoms with van der Waals surface area (Å²) < 4.78 is 32.4. The van der Waals surface area contributed by atoms with E-state index in [9.17, 15) is 13.2 Å². The molecular weight excluding hydrogens is 340 g/mol. The molecule has 2 aliphatic rings. The van der Waals surface area contributed by atoms with E-state index >= 15 is 0 Å². The Kier molecular flexibility index (Phi) is 4.23. The van der Waals surface area contributed by atoms with Crippen molar-refractivity contribution in [2.24, 2.45) is 0 Å². The molecular formula is C18H20N2O4S. The highest BCUT2D eigenvalue weighted by molar-refractivity contribution is 7.89. The number of cyclic esters (lactones) is 1. The van der Waals surface area contributed by atoms with Crippen LogP contribution in [0.25, 0.3) is 10.8 Å². The van der Waals surface area contributed by atoms with Crippen molar-refractivity contribution in [2.45, 2.75) is 17.4 Å². The molecule has 2 heterocycles. The highest BCUT2D eigenvalue weighted by atomic mass is 32.2. The number of fused-ring (bicyclic) bond motifs is 1. The fraction of sp³-hybridized carbons (Fsp3) is 0.389. The van der Waals surface area contributed by atoms with Crippen LogP contribution in [0.1, 0.15) is 6.42 Å². The number of hydrogen-bond donors (Lipinski definition) is 0. The summed E-state index contributed by atoms with van der Waals surface area (Å²) in [5, 5.41) is 1.93. The van der Waals surface area contributed by atoms with Gasteiger partial charge in [-0.2, -0.15) is 4.31 Å². The van der Waals surface area contributed by atoms with Gasteiger partial charge >= 0.3 is 5.97 Å². The first-order valence-corrected chi connectivity index (χ1v) is 9.89. The molecule has 2 fully saturated rings. The Hall–Kier alpha value is -1.96. The Morgan fingerprint density at radius 1 is 0.960 bits per heavy atom. The predicted molar refractivity (Wildman–Crippen MR) is 93.6 cm³/mol. The van der Waals surface area contributed by atoms with Gasteiger partial charge in [-0.1, -0.05) is 30.3 Å². The molecule has 1 atom stereocenters. The van der Waals surface area contributed by atoms with Crippen molar-refractivity contribution in [1.82, 2.24) is 9.21 Å². The number of hydrogen-bond acceptors (Lipinski definition) is 5. The lowest BCUT2D eigenvalue weighted by Gasteiger charge is -2.35. The maximum Gasteiger partial charge on any atom is 0.323 e. The van der Waals surface area contributed by atoms with Crippen molar-refractivity contribution in [2.75, 3.05) is 32.8 Å². The molecule has 0 N–H and O–H groups in total. The molecule has 2 aromatic carbocycles. The van der Waals surface area contributed by atoms with Crippen molar-refractivity contribution in [3.05, 3.63) is 42.5 Å². The number of ether oxygens (including phenoxy) is 1. The molecule has 0 amide bonds. The van der Waals surface area contributed by atoms with E-state index in [1.807, 2.05) is 35.2 Å². The Morgan fingerprint density at radius 3 is 2.36 bits per heavy atom. The first-order valence-electron chi connectivity index (χ1n) is 8.45. The SMILES string of the molecule is O=C1OCC[C@@H]1N1CCN(S(=O)(=O)c2ccc3ccccc3c2)CC1. The fourth-order valence-electron chi connectivity index (χ4n) is 3.55. The van der Waals surface area contributed by atoms with Crippen molar-refractivity contribution in [1.29, 1.82) is 0 Å². The number of carbonyl (C=O) groups excluding carboxylic acids is 1. The van der Waals surface area contributed by atoms with E-state index in [0.717, 1.165) is 10.8 Å². The quantitative estimate of drug-likeness (QED) is 0.776. The van der Waals surface area contributed by atoms with Crippen LogP contribution >= 0.6 is 0 Å². The van der Waals surface area contributed by atoms with Gasteiger partial charge < -0.3 is 4.74 Å². The van der Waals surface area contributed by atoms with Crippen molar-refractivity contribution in [3.63, 3.8) is 0 Å². The van der Waals surface area contributed by atoms with Crippen LogP contribution in [-0.2, 0) is 19.6 Å². The molecule has 0 saturated carbocycles. The van der Waals surface area contributed by atoms with Gasteiger partial charge in [-0.15, -0.1) is 0 Å². The van der Waals surface area contributed by atoms with E-state index < -0.39 is 10.0 Å². The molecule has 4 rings (SSSR count). The lowest BCUT2D eigenvalue weighted by molar-refractivity contribution is -0.142. The summed E-state index contributed by atoms with van der Waals surface area (Å²) in [4.78, 5) is 14.1. The smallest absolute Gasteiger partial charge is 0.323 e. The van der Waals surface area contributed by atoms with Crippen LogP contribution in [0.2, 0.25) is 0 Å². The fourth-order valence-corrected chi connectivity index (χ4v) is 5.01. The monoisotopic (exact) mass is 360 g/mol. The number of sulfonamides is 1. The summed E-state index contributed by atoms with van der Waals surface area (Å²) in [5.74, 6) is -0.189. The van der Waals surface area contributed by atoms with Crippen LogP contribution in [0.15, 0.2) is 47.4 Å². The van der Waals surface area contributed by atoms with Crippen LogP contribution in [0.3, 0.4) is 0 Å². The molecule has 25 heavy (non-hydrogen) atoms. The highest BCUT2D eigenvalue weighted by Gasteiger charge is 2.36. The zero-order chi connectivity index (χ0) is 17.4. The second-order valence-corrected chi connectivity index (χ2v) is 8.36. The molecule has 0 aliphatic carbocycles. The molecule has 6 nitrogen and oxygen atoms in total. The van der Waals surface area contributed by atoms with E-state index in [1.165, 1.54) is 4.31 Å². The van der Waals surface area contributed by atoms with Crippen molar-refractivity contribution in [3.8, 4) is 0 Å². The van der Waals surface area contributed by atoms with Gasteiger partial charge in [0, 0.05) is 32.6 Å². The van der Waals surface area contributed by atoms with E-state index in [1.54, 1.807) is 12.1 Å². The largest absolute Gasteiger partial charge is 0.464 e. The molecule has 0 radical (unpaired) electrons. The van der Waals surface area contributed by atoms with Gasteiger partial charge in [-0.05, 0) is 22.9 Å². The Morgan fingerprint density at radius 2 is 1.68 bits per heavy atom. The lowest BCUT2D eigenvalue weighted by Crippen LogP contribution is -2.52. The van der Waals surface area contributed by atoms with Gasteiger partial charge in [-0.3, -0.25) is 9.69 Å². The van der Waals surface area contributed by atoms with Gasteiger partial charge in [-0.25, -0.2) is 8.42 Å². The minimum atomic E-state index is -3.52. The van der Waals surface area contributed by atoms with Crippen LogP contribution < -0.4 is 0 Å². The van der Waals surface area contributed by atoms with Crippen LogP contribution in [0, 0.1) is 0 Å². The molecule has 7 heteroatoms. The third-order valence-corrected chi connectivity index (χ3v) is 6.88. The third kappa shape index (κ3) is 3.03. The number of esters is 1. The minimum Gasteiger partial charge on any atom is -0.464 e. The number of carbonyl (C=O) groups is 1. The van der Waals surface area contributed by atoms with Crippen LogP contribution in [0.4, 0.5) is 0 Å². The molecule has 0 unspecified atom stereocenters. The Balaban J connectivity index is 1.51. The highest BCUT2D eigenvalue weighted by Crippen LogP contribution is 2.24. The van der Waals surface area contributed by atoms with Crippen molar-refractivity contribution >= 4 is 26.8 Å². The zero-order valence-electron chi connectivity index (χ0n) is 13.8. The van der Waals surface area contributed by atoms with Gasteiger partial charge in [0.25, 0.3) is 0 Å².